The second-order valence-corrected chi connectivity index (χ2v) is 5.68. The Labute approximate surface area is 157 Å². The Morgan fingerprint density at radius 3 is 2.32 bits per heavy atom. The summed E-state index contributed by atoms with van der Waals surface area (Å²) in [4.78, 5) is 49.8. The van der Waals surface area contributed by atoms with Crippen molar-refractivity contribution in [2.75, 3.05) is 23.9 Å². The molecule has 2 aromatic rings. The van der Waals surface area contributed by atoms with E-state index in [1.165, 1.54) is 31.4 Å². The number of nitrogens with one attached hydrogen (secondary N) is 1. The molecule has 1 N–H and O–H groups in total. The van der Waals surface area contributed by atoms with E-state index in [9.17, 15) is 28.0 Å². The Bertz CT molecular complexity index is 978. The first-order valence-corrected chi connectivity index (χ1v) is 7.90. The standard InChI is InChI=1S/C18H13F2N3O5/c1-28-12-5-3-11(4-6-12)23-17(26)16(25)22(18(23)27)9-15(24)21-14-7-2-10(19)8-13(14)20/h2-8H,9H2,1H3,(H,21,24). The van der Waals surface area contributed by atoms with Gasteiger partial charge in [0.1, 0.15) is 23.9 Å². The van der Waals surface area contributed by atoms with E-state index in [0.29, 0.717) is 21.6 Å². The quantitative estimate of drug-likeness (QED) is 0.623. The molecule has 3 rings (SSSR count). The summed E-state index contributed by atoms with van der Waals surface area (Å²) in [5.41, 5.74) is -0.208. The molecule has 1 aliphatic rings. The summed E-state index contributed by atoms with van der Waals surface area (Å²) in [6.07, 6.45) is 0. The first-order chi connectivity index (χ1) is 13.3. The highest BCUT2D eigenvalue weighted by molar-refractivity contribution is 6.53. The number of halogens is 2. The lowest BCUT2D eigenvalue weighted by Gasteiger charge is -2.15. The number of ether oxygens (including phenoxy) is 1. The van der Waals surface area contributed by atoms with E-state index in [-0.39, 0.29) is 11.4 Å². The molecule has 10 heteroatoms. The number of urea groups is 1. The molecule has 1 heterocycles. The summed E-state index contributed by atoms with van der Waals surface area (Å²) in [7, 11) is 1.44. The van der Waals surface area contributed by atoms with E-state index in [4.69, 9.17) is 4.74 Å². The maximum atomic E-state index is 13.6. The van der Waals surface area contributed by atoms with Crippen LogP contribution in [0.2, 0.25) is 0 Å². The number of benzene rings is 2. The Hall–Kier alpha value is -3.82. The van der Waals surface area contributed by atoms with Crippen molar-refractivity contribution in [2.24, 2.45) is 0 Å². The predicted molar refractivity (Wildman–Crippen MR) is 92.6 cm³/mol. The van der Waals surface area contributed by atoms with Gasteiger partial charge in [-0.2, -0.15) is 0 Å². The summed E-state index contributed by atoms with van der Waals surface area (Å²) in [6, 6.07) is 7.26. The van der Waals surface area contributed by atoms with E-state index in [1.807, 2.05) is 0 Å². The van der Waals surface area contributed by atoms with Gasteiger partial charge in [-0.3, -0.25) is 14.4 Å². The number of nitrogens with zero attached hydrogens (tertiary/aromatic N) is 2. The van der Waals surface area contributed by atoms with Crippen LogP contribution in [0.5, 0.6) is 5.75 Å². The highest BCUT2D eigenvalue weighted by atomic mass is 19.1. The van der Waals surface area contributed by atoms with Crippen LogP contribution in [0, 0.1) is 11.6 Å². The molecular formula is C18H13F2N3O5. The van der Waals surface area contributed by atoms with Crippen molar-refractivity contribution in [1.82, 2.24) is 4.90 Å². The summed E-state index contributed by atoms with van der Waals surface area (Å²) >= 11 is 0. The van der Waals surface area contributed by atoms with Crippen LogP contribution in [0.3, 0.4) is 0 Å². The van der Waals surface area contributed by atoms with Gasteiger partial charge in [0.15, 0.2) is 0 Å². The molecule has 0 aliphatic carbocycles. The van der Waals surface area contributed by atoms with Crippen molar-refractivity contribution in [3.05, 3.63) is 54.1 Å². The molecule has 0 saturated carbocycles. The zero-order chi connectivity index (χ0) is 20.4. The van der Waals surface area contributed by atoms with Gasteiger partial charge in [0, 0.05) is 6.07 Å². The van der Waals surface area contributed by atoms with Crippen molar-refractivity contribution in [3.8, 4) is 5.75 Å². The minimum absolute atomic E-state index is 0.122. The largest absolute Gasteiger partial charge is 0.497 e. The number of carbonyl (C=O) groups is 4. The molecule has 0 unspecified atom stereocenters. The number of rotatable bonds is 5. The number of amides is 5. The molecular weight excluding hydrogens is 376 g/mol. The number of carbonyl (C=O) groups excluding carboxylic acids is 4. The molecule has 0 bridgehead atoms. The second-order valence-electron chi connectivity index (χ2n) is 5.68. The van der Waals surface area contributed by atoms with E-state index in [1.54, 1.807) is 0 Å². The Balaban J connectivity index is 1.75. The molecule has 1 fully saturated rings. The lowest BCUT2D eigenvalue weighted by molar-refractivity contribution is -0.140. The molecule has 5 amide bonds. The first-order valence-electron chi connectivity index (χ1n) is 7.90. The average Bonchev–Trinajstić information content (AvgIpc) is 2.87. The van der Waals surface area contributed by atoms with Gasteiger partial charge >= 0.3 is 17.8 Å². The van der Waals surface area contributed by atoms with Crippen molar-refractivity contribution >= 4 is 35.1 Å². The Kier molecular flexibility index (Phi) is 5.03. The van der Waals surface area contributed by atoms with Crippen LogP contribution < -0.4 is 15.0 Å². The zero-order valence-corrected chi connectivity index (χ0v) is 14.4. The predicted octanol–water partition coefficient (Wildman–Crippen LogP) is 1.91. The topological polar surface area (TPSA) is 96.0 Å². The highest BCUT2D eigenvalue weighted by Gasteiger charge is 2.46. The molecule has 28 heavy (non-hydrogen) atoms. The van der Waals surface area contributed by atoms with Crippen LogP contribution in [0.15, 0.2) is 42.5 Å². The second kappa shape index (κ2) is 7.43. The van der Waals surface area contributed by atoms with Gasteiger partial charge in [0.05, 0.1) is 18.5 Å². The van der Waals surface area contributed by atoms with Crippen LogP contribution in [0.25, 0.3) is 0 Å². The van der Waals surface area contributed by atoms with Crippen molar-refractivity contribution in [2.45, 2.75) is 0 Å². The smallest absolute Gasteiger partial charge is 0.339 e. The summed E-state index contributed by atoms with van der Waals surface area (Å²) in [5.74, 6) is -4.64. The van der Waals surface area contributed by atoms with Gasteiger partial charge in [-0.1, -0.05) is 0 Å². The van der Waals surface area contributed by atoms with E-state index >= 15 is 0 Å². The maximum Gasteiger partial charge on any atom is 0.339 e. The molecule has 2 aromatic carbocycles. The molecule has 8 nitrogen and oxygen atoms in total. The van der Waals surface area contributed by atoms with Gasteiger partial charge in [0.2, 0.25) is 5.91 Å². The molecule has 0 atom stereocenters. The van der Waals surface area contributed by atoms with E-state index in [0.717, 1.165) is 12.1 Å². The summed E-state index contributed by atoms with van der Waals surface area (Å²) < 4.78 is 31.5. The third kappa shape index (κ3) is 3.52. The van der Waals surface area contributed by atoms with Gasteiger partial charge in [0.25, 0.3) is 0 Å². The first kappa shape index (κ1) is 19.0. The van der Waals surface area contributed by atoms with Crippen LogP contribution in [-0.4, -0.2) is 42.3 Å². The van der Waals surface area contributed by atoms with Crippen molar-refractivity contribution in [1.29, 1.82) is 0 Å². The van der Waals surface area contributed by atoms with Gasteiger partial charge in [-0.05, 0) is 36.4 Å². The van der Waals surface area contributed by atoms with E-state index < -0.39 is 41.9 Å². The summed E-state index contributed by atoms with van der Waals surface area (Å²) in [5, 5.41) is 2.12. The fraction of sp³-hybridized carbons (Fsp3) is 0.111. The average molecular weight is 389 g/mol. The Morgan fingerprint density at radius 2 is 1.71 bits per heavy atom. The van der Waals surface area contributed by atoms with Gasteiger partial charge < -0.3 is 10.1 Å². The zero-order valence-electron chi connectivity index (χ0n) is 14.4. The van der Waals surface area contributed by atoms with Crippen LogP contribution >= 0.6 is 0 Å². The minimum atomic E-state index is -1.20. The normalized spacial score (nSPS) is 13.9. The number of anilines is 2. The molecule has 0 spiro atoms. The lowest BCUT2D eigenvalue weighted by atomic mass is 10.3. The van der Waals surface area contributed by atoms with Gasteiger partial charge in [-0.25, -0.2) is 23.4 Å². The Morgan fingerprint density at radius 1 is 1.04 bits per heavy atom. The fourth-order valence-electron chi connectivity index (χ4n) is 2.53. The third-order valence-corrected chi connectivity index (χ3v) is 3.89. The summed E-state index contributed by atoms with van der Waals surface area (Å²) in [6.45, 7) is -0.813. The van der Waals surface area contributed by atoms with E-state index in [2.05, 4.69) is 5.32 Å². The number of methoxy groups -OCH3 is 1. The third-order valence-electron chi connectivity index (χ3n) is 3.89. The lowest BCUT2D eigenvalue weighted by Crippen LogP contribution is -2.39. The highest BCUT2D eigenvalue weighted by Crippen LogP contribution is 2.24. The van der Waals surface area contributed by atoms with Crippen molar-refractivity contribution in [3.63, 3.8) is 0 Å². The monoisotopic (exact) mass is 389 g/mol. The molecule has 1 saturated heterocycles. The molecule has 144 valence electrons. The molecule has 0 aromatic heterocycles. The number of hydrogen-bond acceptors (Lipinski definition) is 5. The minimum Gasteiger partial charge on any atom is -0.497 e. The van der Waals surface area contributed by atoms with Gasteiger partial charge in [-0.15, -0.1) is 0 Å². The SMILES string of the molecule is COc1ccc(N2C(=O)C(=O)N(CC(=O)Nc3ccc(F)cc3F)C2=O)cc1. The number of hydrogen-bond donors (Lipinski definition) is 1. The fourth-order valence-corrected chi connectivity index (χ4v) is 2.53. The van der Waals surface area contributed by atoms with Crippen molar-refractivity contribution < 1.29 is 32.7 Å². The van der Waals surface area contributed by atoms with Crippen LogP contribution in [0.4, 0.5) is 25.0 Å². The van der Waals surface area contributed by atoms with Crippen LogP contribution in [0.1, 0.15) is 0 Å². The molecule has 0 radical (unpaired) electrons. The number of imide groups is 2. The maximum absolute atomic E-state index is 13.6. The molecule has 1 aliphatic heterocycles. The van der Waals surface area contributed by atoms with Crippen LogP contribution in [-0.2, 0) is 14.4 Å².